The summed E-state index contributed by atoms with van der Waals surface area (Å²) >= 11 is 0. The van der Waals surface area contributed by atoms with Crippen molar-refractivity contribution in [2.45, 2.75) is 130 Å². The van der Waals surface area contributed by atoms with Crippen LogP contribution < -0.4 is 11.1 Å². The second-order valence-corrected chi connectivity index (χ2v) is 15.4. The van der Waals surface area contributed by atoms with Crippen molar-refractivity contribution >= 4 is 5.97 Å². The number of fused-ring (bicyclic) bond motifs is 5. The zero-order chi connectivity index (χ0) is 29.9. The summed E-state index contributed by atoms with van der Waals surface area (Å²) in [4.78, 5) is 14.6. The summed E-state index contributed by atoms with van der Waals surface area (Å²) < 4.78 is 5.39. The molecule has 4 fully saturated rings. The maximum absolute atomic E-state index is 12.2. The predicted molar refractivity (Wildman–Crippen MR) is 165 cm³/mol. The van der Waals surface area contributed by atoms with Crippen LogP contribution in [-0.4, -0.2) is 78.7 Å². The molecule has 0 saturated heterocycles. The SMILES string of the molecule is CC(C)OC(=O)CC[C@@H](C)C1CCC2C3C(C[C@H](O)[C@@]21C)[C@@]1(C)CC[C@H](NCCCN(C)CCCN)CC1C[C@H]3O. The molecule has 0 spiro atoms. The standard InChI is InChI=1S/C34H63N3O4/c1-22(2)41-31(40)12-9-23(3)26-10-11-27-32-28(21-30(39)34(26,27)5)33(4)14-13-25(19-24(33)20-29(32)38)36-16-8-18-37(6)17-7-15-35/h22-30,32,36,38-39H,7-21,35H2,1-6H3/t23-,24?,25+,26?,27?,28?,29-,30+,32?,33+,34-/m1/s1. The number of aliphatic hydroxyl groups excluding tert-OH is 2. The fourth-order valence-electron chi connectivity index (χ4n) is 10.3. The Bertz CT molecular complexity index is 856. The molecule has 4 saturated carbocycles. The normalized spacial score (nSPS) is 41.1. The Labute approximate surface area is 250 Å². The Morgan fingerprint density at radius 2 is 1.78 bits per heavy atom. The maximum Gasteiger partial charge on any atom is 0.306 e. The first-order valence-corrected chi connectivity index (χ1v) is 17.1. The summed E-state index contributed by atoms with van der Waals surface area (Å²) in [6.45, 7) is 14.8. The van der Waals surface area contributed by atoms with E-state index < -0.39 is 0 Å². The average Bonchev–Trinajstić information content (AvgIpc) is 3.27. The van der Waals surface area contributed by atoms with Crippen molar-refractivity contribution in [2.75, 3.05) is 33.2 Å². The van der Waals surface area contributed by atoms with Crippen molar-refractivity contribution in [2.24, 2.45) is 52.1 Å². The van der Waals surface area contributed by atoms with Gasteiger partial charge in [0.2, 0.25) is 0 Å². The van der Waals surface area contributed by atoms with E-state index in [4.69, 9.17) is 10.5 Å². The van der Waals surface area contributed by atoms with Crippen LogP contribution in [0.25, 0.3) is 0 Å². The number of nitrogens with zero attached hydrogens (tertiary/aromatic N) is 1. The van der Waals surface area contributed by atoms with Crippen LogP contribution >= 0.6 is 0 Å². The first-order chi connectivity index (χ1) is 19.4. The van der Waals surface area contributed by atoms with Gasteiger partial charge in [-0.3, -0.25) is 4.79 Å². The zero-order valence-electron chi connectivity index (χ0n) is 27.1. The Kier molecular flexibility index (Phi) is 11.3. The number of rotatable bonds is 13. The fourth-order valence-corrected chi connectivity index (χ4v) is 10.3. The number of esters is 1. The van der Waals surface area contributed by atoms with Crippen LogP contribution in [0.5, 0.6) is 0 Å². The largest absolute Gasteiger partial charge is 0.463 e. The molecule has 4 aliphatic rings. The molecule has 0 aromatic heterocycles. The molecule has 11 atom stereocenters. The summed E-state index contributed by atoms with van der Waals surface area (Å²) in [6.07, 6.45) is 10.2. The van der Waals surface area contributed by atoms with Gasteiger partial charge in [-0.1, -0.05) is 20.8 Å². The maximum atomic E-state index is 12.2. The second-order valence-electron chi connectivity index (χ2n) is 15.4. The number of nitrogens with two attached hydrogens (primary N) is 1. The van der Waals surface area contributed by atoms with E-state index in [0.717, 1.165) is 77.5 Å². The lowest BCUT2D eigenvalue weighted by Gasteiger charge is -2.63. The minimum Gasteiger partial charge on any atom is -0.463 e. The van der Waals surface area contributed by atoms with E-state index in [9.17, 15) is 15.0 Å². The van der Waals surface area contributed by atoms with Crippen LogP contribution in [0, 0.1) is 46.3 Å². The number of ether oxygens (including phenoxy) is 1. The van der Waals surface area contributed by atoms with Crippen molar-refractivity contribution in [1.29, 1.82) is 0 Å². The van der Waals surface area contributed by atoms with Gasteiger partial charge in [0.25, 0.3) is 0 Å². The molecule has 0 aromatic rings. The van der Waals surface area contributed by atoms with E-state index in [1.54, 1.807) is 0 Å². The molecule has 5 unspecified atom stereocenters. The molecule has 0 heterocycles. The third kappa shape index (κ3) is 7.00. The van der Waals surface area contributed by atoms with Gasteiger partial charge >= 0.3 is 5.97 Å². The van der Waals surface area contributed by atoms with Gasteiger partial charge in [0.1, 0.15) is 0 Å². The first kappa shape index (κ1) is 33.2. The van der Waals surface area contributed by atoms with Crippen molar-refractivity contribution in [1.82, 2.24) is 10.2 Å². The molecule has 41 heavy (non-hydrogen) atoms. The molecule has 7 nitrogen and oxygen atoms in total. The minimum atomic E-state index is -0.346. The molecule has 0 bridgehead atoms. The third-order valence-electron chi connectivity index (χ3n) is 12.6. The highest BCUT2D eigenvalue weighted by atomic mass is 16.5. The van der Waals surface area contributed by atoms with Crippen LogP contribution in [0.15, 0.2) is 0 Å². The van der Waals surface area contributed by atoms with Crippen LogP contribution in [0.4, 0.5) is 0 Å². The Morgan fingerprint density at radius 3 is 2.49 bits per heavy atom. The quantitative estimate of drug-likeness (QED) is 0.187. The van der Waals surface area contributed by atoms with Gasteiger partial charge in [0.05, 0.1) is 18.3 Å². The van der Waals surface area contributed by atoms with Gasteiger partial charge in [0, 0.05) is 12.5 Å². The third-order valence-corrected chi connectivity index (χ3v) is 12.6. The lowest BCUT2D eigenvalue weighted by Crippen LogP contribution is -2.62. The summed E-state index contributed by atoms with van der Waals surface area (Å²) in [5, 5.41) is 27.5. The van der Waals surface area contributed by atoms with Crippen LogP contribution in [0.1, 0.15) is 105 Å². The monoisotopic (exact) mass is 577 g/mol. The average molecular weight is 578 g/mol. The summed E-state index contributed by atoms with van der Waals surface area (Å²) in [7, 11) is 2.18. The first-order valence-electron chi connectivity index (χ1n) is 17.1. The van der Waals surface area contributed by atoms with Crippen LogP contribution in [-0.2, 0) is 9.53 Å². The Balaban J connectivity index is 1.36. The van der Waals surface area contributed by atoms with Gasteiger partial charge < -0.3 is 30.9 Å². The van der Waals surface area contributed by atoms with Crippen LogP contribution in [0.3, 0.4) is 0 Å². The topological polar surface area (TPSA) is 108 Å². The van der Waals surface area contributed by atoms with Gasteiger partial charge in [-0.15, -0.1) is 0 Å². The number of carbonyl (C=O) groups excluding carboxylic acids is 1. The number of hydrogen-bond acceptors (Lipinski definition) is 7. The molecule has 0 radical (unpaired) electrons. The number of nitrogens with one attached hydrogen (secondary N) is 1. The van der Waals surface area contributed by atoms with Crippen LogP contribution in [0.2, 0.25) is 0 Å². The van der Waals surface area contributed by atoms with Gasteiger partial charge in [-0.05, 0) is 158 Å². The fraction of sp³-hybridized carbons (Fsp3) is 0.971. The number of carbonyl (C=O) groups is 1. The number of aliphatic hydroxyl groups is 2. The summed E-state index contributed by atoms with van der Waals surface area (Å²) in [5.41, 5.74) is 5.65. The molecule has 5 N–H and O–H groups in total. The molecule has 7 heteroatoms. The summed E-state index contributed by atoms with van der Waals surface area (Å²) in [5.74, 6) is 2.14. The molecule has 4 rings (SSSR count). The smallest absolute Gasteiger partial charge is 0.306 e. The summed E-state index contributed by atoms with van der Waals surface area (Å²) in [6, 6.07) is 0.532. The number of hydrogen-bond donors (Lipinski definition) is 4. The van der Waals surface area contributed by atoms with Crippen molar-refractivity contribution in [3.8, 4) is 0 Å². The van der Waals surface area contributed by atoms with Crippen molar-refractivity contribution in [3.05, 3.63) is 0 Å². The van der Waals surface area contributed by atoms with Gasteiger partial charge in [-0.2, -0.15) is 0 Å². The molecular weight excluding hydrogens is 514 g/mol. The zero-order valence-corrected chi connectivity index (χ0v) is 27.1. The van der Waals surface area contributed by atoms with E-state index in [0.29, 0.717) is 42.1 Å². The highest BCUT2D eigenvalue weighted by Gasteiger charge is 2.65. The lowest BCUT2D eigenvalue weighted by atomic mass is 9.43. The van der Waals surface area contributed by atoms with Crippen molar-refractivity contribution in [3.63, 3.8) is 0 Å². The van der Waals surface area contributed by atoms with E-state index in [1.807, 2.05) is 13.8 Å². The molecule has 0 aliphatic heterocycles. The van der Waals surface area contributed by atoms with Crippen molar-refractivity contribution < 1.29 is 19.7 Å². The highest BCUT2D eigenvalue weighted by Crippen LogP contribution is 2.68. The van der Waals surface area contributed by atoms with E-state index in [1.165, 1.54) is 12.8 Å². The second kappa shape index (κ2) is 13.9. The van der Waals surface area contributed by atoms with Gasteiger partial charge in [0.15, 0.2) is 0 Å². The van der Waals surface area contributed by atoms with E-state index in [-0.39, 0.29) is 41.0 Å². The molecule has 4 aliphatic carbocycles. The minimum absolute atomic E-state index is 0.0781. The lowest BCUT2D eigenvalue weighted by molar-refractivity contribution is -0.202. The molecular formula is C34H63N3O4. The Morgan fingerprint density at radius 1 is 1.05 bits per heavy atom. The highest BCUT2D eigenvalue weighted by molar-refractivity contribution is 5.69. The Hall–Kier alpha value is -0.730. The molecule has 0 amide bonds. The predicted octanol–water partition coefficient (Wildman–Crippen LogP) is 4.58. The van der Waals surface area contributed by atoms with E-state index in [2.05, 4.69) is 38.0 Å². The van der Waals surface area contributed by atoms with Gasteiger partial charge in [-0.25, -0.2) is 0 Å². The molecule has 0 aromatic carbocycles. The van der Waals surface area contributed by atoms with E-state index >= 15 is 0 Å². The molecule has 238 valence electrons.